The fraction of sp³-hybridized carbons (Fsp3) is 0.458. The molecule has 0 aliphatic heterocycles. The number of halogens is 2. The Morgan fingerprint density at radius 3 is 2.29 bits per heavy atom. The van der Waals surface area contributed by atoms with Crippen molar-refractivity contribution in [2.24, 2.45) is 5.92 Å². The molecule has 150 valence electrons. The van der Waals surface area contributed by atoms with Gasteiger partial charge in [0.05, 0.1) is 5.56 Å². The molecule has 2 aromatic carbocycles. The molecule has 0 spiro atoms. The fourth-order valence-electron chi connectivity index (χ4n) is 4.46. The third-order valence-corrected chi connectivity index (χ3v) is 6.04. The first kappa shape index (κ1) is 20.5. The van der Waals surface area contributed by atoms with Crippen molar-refractivity contribution in [2.75, 3.05) is 0 Å². The summed E-state index contributed by atoms with van der Waals surface area (Å²) < 4.78 is 28.5. The minimum atomic E-state index is -1.25. The molecule has 0 bridgehead atoms. The number of unbranched alkanes of at least 4 members (excludes halogenated alkanes) is 2. The van der Waals surface area contributed by atoms with E-state index in [2.05, 4.69) is 6.92 Å². The van der Waals surface area contributed by atoms with E-state index in [1.54, 1.807) is 18.2 Å². The number of aromatic carboxylic acids is 1. The molecule has 1 aliphatic carbocycles. The second-order valence-electron chi connectivity index (χ2n) is 7.91. The van der Waals surface area contributed by atoms with E-state index in [-0.39, 0.29) is 17.3 Å². The highest BCUT2D eigenvalue weighted by Crippen LogP contribution is 2.43. The lowest BCUT2D eigenvalue weighted by atomic mass is 9.75. The van der Waals surface area contributed by atoms with E-state index in [1.807, 2.05) is 0 Å². The van der Waals surface area contributed by atoms with E-state index in [9.17, 15) is 14.3 Å². The van der Waals surface area contributed by atoms with Gasteiger partial charge in [-0.05, 0) is 72.4 Å². The highest BCUT2D eigenvalue weighted by Gasteiger charge is 2.29. The lowest BCUT2D eigenvalue weighted by Crippen LogP contribution is -2.16. The highest BCUT2D eigenvalue weighted by atomic mass is 19.1. The zero-order chi connectivity index (χ0) is 20.1. The summed E-state index contributed by atoms with van der Waals surface area (Å²) in [6.45, 7) is 2.20. The summed E-state index contributed by atoms with van der Waals surface area (Å²) in [5, 5.41) is 9.36. The molecular formula is C24H28F2O2. The van der Waals surface area contributed by atoms with Gasteiger partial charge in [-0.15, -0.1) is 0 Å². The van der Waals surface area contributed by atoms with Crippen molar-refractivity contribution in [3.8, 4) is 11.1 Å². The molecule has 1 aliphatic rings. The monoisotopic (exact) mass is 386 g/mol. The minimum absolute atomic E-state index is 0.00165. The SMILES string of the molecule is CCCCCC1CCC(c2c(-c3ccc(F)cc3)ccc(C(=O)O)c2F)CC1. The molecule has 0 heterocycles. The van der Waals surface area contributed by atoms with Crippen molar-refractivity contribution < 1.29 is 18.7 Å². The highest BCUT2D eigenvalue weighted by molar-refractivity contribution is 5.89. The smallest absolute Gasteiger partial charge is 0.338 e. The van der Waals surface area contributed by atoms with Gasteiger partial charge < -0.3 is 5.11 Å². The molecule has 0 unspecified atom stereocenters. The first-order chi connectivity index (χ1) is 13.5. The average Bonchev–Trinajstić information content (AvgIpc) is 2.69. The van der Waals surface area contributed by atoms with Crippen LogP contribution in [0, 0.1) is 17.6 Å². The van der Waals surface area contributed by atoms with Gasteiger partial charge in [0.2, 0.25) is 0 Å². The van der Waals surface area contributed by atoms with Crippen molar-refractivity contribution in [1.29, 1.82) is 0 Å². The molecule has 0 saturated heterocycles. The average molecular weight is 386 g/mol. The number of benzene rings is 2. The predicted molar refractivity (Wildman–Crippen MR) is 108 cm³/mol. The molecule has 2 nitrogen and oxygen atoms in total. The Kier molecular flexibility index (Phi) is 6.82. The molecule has 1 fully saturated rings. The van der Waals surface area contributed by atoms with Crippen LogP contribution in [0.3, 0.4) is 0 Å². The maximum atomic E-state index is 15.2. The molecule has 1 saturated carbocycles. The standard InChI is InChI=1S/C24H28F2O2/c1-2-3-4-5-16-6-8-18(9-7-16)22-20(17-10-12-19(25)13-11-17)14-15-21(23(22)26)24(27)28/h10-16,18H,2-9H2,1H3,(H,27,28). The number of carbonyl (C=O) groups is 1. The van der Waals surface area contributed by atoms with Crippen molar-refractivity contribution in [1.82, 2.24) is 0 Å². The van der Waals surface area contributed by atoms with E-state index in [0.29, 0.717) is 17.0 Å². The Morgan fingerprint density at radius 2 is 1.68 bits per heavy atom. The van der Waals surface area contributed by atoms with Crippen molar-refractivity contribution in [2.45, 2.75) is 64.2 Å². The van der Waals surface area contributed by atoms with Gasteiger partial charge in [-0.3, -0.25) is 0 Å². The second kappa shape index (κ2) is 9.31. The maximum Gasteiger partial charge on any atom is 0.338 e. The summed E-state index contributed by atoms with van der Waals surface area (Å²) in [5.74, 6) is -1.55. The van der Waals surface area contributed by atoms with E-state index in [4.69, 9.17) is 0 Å². The summed E-state index contributed by atoms with van der Waals surface area (Å²) in [6.07, 6.45) is 8.77. The normalized spacial score (nSPS) is 19.5. The summed E-state index contributed by atoms with van der Waals surface area (Å²) >= 11 is 0. The Morgan fingerprint density at radius 1 is 1.00 bits per heavy atom. The second-order valence-corrected chi connectivity index (χ2v) is 7.91. The molecule has 4 heteroatoms. The molecule has 0 radical (unpaired) electrons. The molecule has 3 rings (SSSR count). The van der Waals surface area contributed by atoms with Crippen LogP contribution in [0.15, 0.2) is 36.4 Å². The van der Waals surface area contributed by atoms with E-state index in [1.165, 1.54) is 43.9 Å². The van der Waals surface area contributed by atoms with Gasteiger partial charge in [-0.25, -0.2) is 13.6 Å². The van der Waals surface area contributed by atoms with Crippen molar-refractivity contribution >= 4 is 5.97 Å². The van der Waals surface area contributed by atoms with Gasteiger partial charge >= 0.3 is 5.97 Å². The van der Waals surface area contributed by atoms with Gasteiger partial charge in [0, 0.05) is 0 Å². The molecular weight excluding hydrogens is 358 g/mol. The zero-order valence-corrected chi connectivity index (χ0v) is 16.4. The number of hydrogen-bond acceptors (Lipinski definition) is 1. The Balaban J connectivity index is 1.89. The number of rotatable bonds is 7. The zero-order valence-electron chi connectivity index (χ0n) is 16.4. The van der Waals surface area contributed by atoms with Gasteiger partial charge in [0.25, 0.3) is 0 Å². The van der Waals surface area contributed by atoms with Crippen LogP contribution in [0.2, 0.25) is 0 Å². The van der Waals surface area contributed by atoms with E-state index >= 15 is 4.39 Å². The summed E-state index contributed by atoms with van der Waals surface area (Å²) in [6, 6.07) is 8.95. The molecule has 1 N–H and O–H groups in total. The maximum absolute atomic E-state index is 15.2. The van der Waals surface area contributed by atoms with Crippen LogP contribution in [0.25, 0.3) is 11.1 Å². The summed E-state index contributed by atoms with van der Waals surface area (Å²) in [5.41, 5.74) is 1.60. The number of hydrogen-bond donors (Lipinski definition) is 1. The van der Waals surface area contributed by atoms with Crippen LogP contribution in [-0.2, 0) is 0 Å². The Hall–Kier alpha value is -2.23. The third-order valence-electron chi connectivity index (χ3n) is 6.04. The third kappa shape index (κ3) is 4.60. The van der Waals surface area contributed by atoms with Crippen LogP contribution < -0.4 is 0 Å². The lowest BCUT2D eigenvalue weighted by Gasteiger charge is -2.30. The molecule has 28 heavy (non-hydrogen) atoms. The summed E-state index contributed by atoms with van der Waals surface area (Å²) in [4.78, 5) is 11.5. The number of carboxylic acids is 1. The van der Waals surface area contributed by atoms with Crippen molar-refractivity contribution in [3.05, 3.63) is 59.2 Å². The van der Waals surface area contributed by atoms with Gasteiger partial charge in [-0.2, -0.15) is 0 Å². The molecule has 0 atom stereocenters. The van der Waals surface area contributed by atoms with Gasteiger partial charge in [0.15, 0.2) is 0 Å². The Bertz CT molecular complexity index is 806. The van der Waals surface area contributed by atoms with E-state index < -0.39 is 11.8 Å². The van der Waals surface area contributed by atoms with Crippen molar-refractivity contribution in [3.63, 3.8) is 0 Å². The summed E-state index contributed by atoms with van der Waals surface area (Å²) in [7, 11) is 0. The van der Waals surface area contributed by atoms with Crippen LogP contribution in [0.5, 0.6) is 0 Å². The fourth-order valence-corrected chi connectivity index (χ4v) is 4.46. The quantitative estimate of drug-likeness (QED) is 0.512. The first-order valence-corrected chi connectivity index (χ1v) is 10.3. The Labute approximate surface area is 165 Å². The molecule has 0 aromatic heterocycles. The van der Waals surface area contributed by atoms with E-state index in [0.717, 1.165) is 31.2 Å². The molecule has 2 aromatic rings. The first-order valence-electron chi connectivity index (χ1n) is 10.3. The minimum Gasteiger partial charge on any atom is -0.478 e. The van der Waals surface area contributed by atoms with Crippen LogP contribution >= 0.6 is 0 Å². The topological polar surface area (TPSA) is 37.3 Å². The molecule has 0 amide bonds. The van der Waals surface area contributed by atoms with Gasteiger partial charge in [0.1, 0.15) is 11.6 Å². The lowest BCUT2D eigenvalue weighted by molar-refractivity contribution is 0.0691. The van der Waals surface area contributed by atoms with Crippen LogP contribution in [-0.4, -0.2) is 11.1 Å². The van der Waals surface area contributed by atoms with Crippen LogP contribution in [0.1, 0.15) is 80.1 Å². The number of carboxylic acid groups (broad SMARTS) is 1. The van der Waals surface area contributed by atoms with Crippen LogP contribution in [0.4, 0.5) is 8.78 Å². The van der Waals surface area contributed by atoms with Gasteiger partial charge in [-0.1, -0.05) is 50.8 Å². The predicted octanol–water partition coefficient (Wildman–Crippen LogP) is 7.18. The largest absolute Gasteiger partial charge is 0.478 e.